The van der Waals surface area contributed by atoms with Gasteiger partial charge >= 0.3 is 0 Å². The molecule has 1 aromatic rings. The number of piperazine rings is 1. The molecule has 1 aliphatic heterocycles. The summed E-state index contributed by atoms with van der Waals surface area (Å²) < 4.78 is 0. The van der Waals surface area contributed by atoms with Gasteiger partial charge < -0.3 is 15.1 Å². The molecule has 0 atom stereocenters. The molecule has 118 valence electrons. The van der Waals surface area contributed by atoms with E-state index in [1.54, 1.807) is 35.8 Å². The fourth-order valence-corrected chi connectivity index (χ4v) is 2.33. The third-order valence-electron chi connectivity index (χ3n) is 3.88. The van der Waals surface area contributed by atoms with Crippen LogP contribution in [-0.2, 0) is 14.4 Å². The highest BCUT2D eigenvalue weighted by Crippen LogP contribution is 2.22. The summed E-state index contributed by atoms with van der Waals surface area (Å²) in [5.74, 6) is -0.548. The highest BCUT2D eigenvalue weighted by Gasteiger charge is 2.40. The Morgan fingerprint density at radius 1 is 1.09 bits per heavy atom. The van der Waals surface area contributed by atoms with Crippen molar-refractivity contribution in [2.75, 3.05) is 31.5 Å². The van der Waals surface area contributed by atoms with Crippen LogP contribution >= 0.6 is 0 Å². The number of carbonyl (C=O) groups is 3. The van der Waals surface area contributed by atoms with Gasteiger partial charge in [0.2, 0.25) is 18.2 Å². The summed E-state index contributed by atoms with van der Waals surface area (Å²) in [6, 6.07) is 9.06. The summed E-state index contributed by atoms with van der Waals surface area (Å²) >= 11 is 0. The van der Waals surface area contributed by atoms with Crippen molar-refractivity contribution in [3.05, 3.63) is 30.3 Å². The standard InChI is InChI=1S/C16H21N3O3/c1-16(2,14(21)17-13-6-4-3-5-7-13)15(22)19-10-8-18(12-20)9-11-19/h3-7,12H,8-11H2,1-2H3,(H,17,21). The Morgan fingerprint density at radius 3 is 2.23 bits per heavy atom. The lowest BCUT2D eigenvalue weighted by Gasteiger charge is -2.36. The van der Waals surface area contributed by atoms with Gasteiger partial charge in [-0.1, -0.05) is 18.2 Å². The summed E-state index contributed by atoms with van der Waals surface area (Å²) in [6.45, 7) is 5.18. The average Bonchev–Trinajstić information content (AvgIpc) is 2.55. The predicted molar refractivity (Wildman–Crippen MR) is 83.1 cm³/mol. The summed E-state index contributed by atoms with van der Waals surface area (Å²) in [6.07, 6.45) is 0.787. The van der Waals surface area contributed by atoms with Gasteiger partial charge in [0.05, 0.1) is 0 Å². The predicted octanol–water partition coefficient (Wildman–Crippen LogP) is 0.952. The molecule has 1 N–H and O–H groups in total. The summed E-state index contributed by atoms with van der Waals surface area (Å²) in [7, 11) is 0. The maximum Gasteiger partial charge on any atom is 0.239 e. The number of nitrogens with zero attached hydrogens (tertiary/aromatic N) is 2. The zero-order chi connectivity index (χ0) is 16.2. The number of carbonyl (C=O) groups excluding carboxylic acids is 3. The van der Waals surface area contributed by atoms with Gasteiger partial charge in [-0.3, -0.25) is 14.4 Å². The Morgan fingerprint density at radius 2 is 1.68 bits per heavy atom. The van der Waals surface area contributed by atoms with E-state index >= 15 is 0 Å². The third-order valence-corrected chi connectivity index (χ3v) is 3.88. The van der Waals surface area contributed by atoms with Gasteiger partial charge in [-0.05, 0) is 26.0 Å². The van der Waals surface area contributed by atoms with Gasteiger partial charge in [0.1, 0.15) is 5.41 Å². The maximum atomic E-state index is 12.6. The van der Waals surface area contributed by atoms with Crippen molar-refractivity contribution in [2.24, 2.45) is 5.41 Å². The number of hydrogen-bond donors (Lipinski definition) is 1. The highest BCUT2D eigenvalue weighted by molar-refractivity contribution is 6.09. The molecule has 1 aliphatic rings. The second kappa shape index (κ2) is 6.60. The number of hydrogen-bond acceptors (Lipinski definition) is 3. The van der Waals surface area contributed by atoms with E-state index in [1.807, 2.05) is 18.2 Å². The maximum absolute atomic E-state index is 12.6. The van der Waals surface area contributed by atoms with Crippen molar-refractivity contribution in [3.8, 4) is 0 Å². The van der Waals surface area contributed by atoms with E-state index in [4.69, 9.17) is 0 Å². The molecule has 1 saturated heterocycles. The van der Waals surface area contributed by atoms with Gasteiger partial charge in [0.25, 0.3) is 0 Å². The molecule has 0 aromatic heterocycles. The second-order valence-electron chi connectivity index (χ2n) is 5.88. The molecule has 6 heteroatoms. The summed E-state index contributed by atoms with van der Waals surface area (Å²) in [4.78, 5) is 39.0. The number of anilines is 1. The average molecular weight is 303 g/mol. The van der Waals surface area contributed by atoms with Crippen LogP contribution in [0.3, 0.4) is 0 Å². The van der Waals surface area contributed by atoms with Crippen LogP contribution in [-0.4, -0.2) is 54.2 Å². The van der Waals surface area contributed by atoms with E-state index in [0.29, 0.717) is 31.9 Å². The molecule has 6 nitrogen and oxygen atoms in total. The lowest BCUT2D eigenvalue weighted by atomic mass is 9.89. The molecular formula is C16H21N3O3. The number of amides is 3. The SMILES string of the molecule is CC(C)(C(=O)Nc1ccccc1)C(=O)N1CCN(C=O)CC1. The number of para-hydroxylation sites is 1. The first-order chi connectivity index (χ1) is 10.4. The Bertz CT molecular complexity index is 549. The fourth-order valence-electron chi connectivity index (χ4n) is 2.33. The topological polar surface area (TPSA) is 69.7 Å². The highest BCUT2D eigenvalue weighted by atomic mass is 16.2. The minimum Gasteiger partial charge on any atom is -0.342 e. The molecule has 2 rings (SSSR count). The molecule has 3 amide bonds. The number of benzene rings is 1. The first kappa shape index (κ1) is 16.0. The number of rotatable bonds is 4. The molecule has 1 heterocycles. The monoisotopic (exact) mass is 303 g/mol. The zero-order valence-corrected chi connectivity index (χ0v) is 12.9. The first-order valence-electron chi connectivity index (χ1n) is 7.30. The minimum absolute atomic E-state index is 0.216. The molecular weight excluding hydrogens is 282 g/mol. The van der Waals surface area contributed by atoms with Crippen LogP contribution in [0.2, 0.25) is 0 Å². The van der Waals surface area contributed by atoms with Crippen LogP contribution in [0.4, 0.5) is 5.69 Å². The van der Waals surface area contributed by atoms with E-state index in [2.05, 4.69) is 5.32 Å². The van der Waals surface area contributed by atoms with Crippen LogP contribution in [0.1, 0.15) is 13.8 Å². The molecule has 0 spiro atoms. The molecule has 0 bridgehead atoms. The van der Waals surface area contributed by atoms with Gasteiger partial charge in [0, 0.05) is 31.9 Å². The first-order valence-corrected chi connectivity index (χ1v) is 7.30. The molecule has 0 radical (unpaired) electrons. The molecule has 0 saturated carbocycles. The van der Waals surface area contributed by atoms with Crippen molar-refractivity contribution < 1.29 is 14.4 Å². The third kappa shape index (κ3) is 3.44. The van der Waals surface area contributed by atoms with E-state index in [1.165, 1.54) is 0 Å². The van der Waals surface area contributed by atoms with Gasteiger partial charge in [0.15, 0.2) is 0 Å². The lowest BCUT2D eigenvalue weighted by molar-refractivity contribution is -0.148. The van der Waals surface area contributed by atoms with E-state index in [0.717, 1.165) is 6.41 Å². The number of nitrogens with one attached hydrogen (secondary N) is 1. The van der Waals surface area contributed by atoms with Crippen LogP contribution < -0.4 is 5.32 Å². The second-order valence-corrected chi connectivity index (χ2v) is 5.88. The van der Waals surface area contributed by atoms with Crippen molar-refractivity contribution in [2.45, 2.75) is 13.8 Å². The smallest absolute Gasteiger partial charge is 0.239 e. The quantitative estimate of drug-likeness (QED) is 0.665. The van der Waals surface area contributed by atoms with E-state index in [-0.39, 0.29) is 11.8 Å². The van der Waals surface area contributed by atoms with Crippen LogP contribution in [0, 0.1) is 5.41 Å². The normalized spacial score (nSPS) is 15.4. The van der Waals surface area contributed by atoms with Crippen molar-refractivity contribution in [1.29, 1.82) is 0 Å². The van der Waals surface area contributed by atoms with Crippen LogP contribution in [0.25, 0.3) is 0 Å². The molecule has 0 aliphatic carbocycles. The van der Waals surface area contributed by atoms with Crippen molar-refractivity contribution in [1.82, 2.24) is 9.80 Å². The van der Waals surface area contributed by atoms with Crippen molar-refractivity contribution >= 4 is 23.9 Å². The molecule has 1 fully saturated rings. The zero-order valence-electron chi connectivity index (χ0n) is 12.9. The van der Waals surface area contributed by atoms with Crippen LogP contribution in [0.5, 0.6) is 0 Å². The van der Waals surface area contributed by atoms with Crippen molar-refractivity contribution in [3.63, 3.8) is 0 Å². The largest absolute Gasteiger partial charge is 0.342 e. The Kier molecular flexibility index (Phi) is 4.80. The lowest BCUT2D eigenvalue weighted by Crippen LogP contribution is -2.54. The molecule has 22 heavy (non-hydrogen) atoms. The minimum atomic E-state index is -1.15. The Labute approximate surface area is 130 Å². The van der Waals surface area contributed by atoms with Gasteiger partial charge in [-0.25, -0.2) is 0 Å². The van der Waals surface area contributed by atoms with Gasteiger partial charge in [-0.15, -0.1) is 0 Å². The van der Waals surface area contributed by atoms with Crippen LogP contribution in [0.15, 0.2) is 30.3 Å². The van der Waals surface area contributed by atoms with Gasteiger partial charge in [-0.2, -0.15) is 0 Å². The summed E-state index contributed by atoms with van der Waals surface area (Å²) in [5.41, 5.74) is -0.488. The molecule has 1 aromatic carbocycles. The van der Waals surface area contributed by atoms with E-state index in [9.17, 15) is 14.4 Å². The Hall–Kier alpha value is -2.37. The van der Waals surface area contributed by atoms with E-state index < -0.39 is 5.41 Å². The summed E-state index contributed by atoms with van der Waals surface area (Å²) in [5, 5.41) is 2.77. The Balaban J connectivity index is 2.01. The fraction of sp³-hybridized carbons (Fsp3) is 0.438. The molecule has 0 unspecified atom stereocenters.